The van der Waals surface area contributed by atoms with Crippen molar-refractivity contribution in [2.75, 3.05) is 5.32 Å². The highest BCUT2D eigenvalue weighted by atomic mass is 19.1. The zero-order valence-corrected chi connectivity index (χ0v) is 15.4. The summed E-state index contributed by atoms with van der Waals surface area (Å²) in [6, 6.07) is 16.8. The fourth-order valence-corrected chi connectivity index (χ4v) is 2.78. The molecular weight excluding hydrogens is 389 g/mol. The number of nitro groups is 1. The summed E-state index contributed by atoms with van der Waals surface area (Å²) < 4.78 is 13.1. The van der Waals surface area contributed by atoms with E-state index in [1.807, 2.05) is 0 Å². The normalized spacial score (nSPS) is 11.1. The predicted molar refractivity (Wildman–Crippen MR) is 110 cm³/mol. The standard InChI is InChI=1S/C21H14FN5O3/c22-15-5-8-17(9-6-15)26-24-19-10-7-16(13-20(19)25-26)23-21(28)11-4-14-2-1-3-18(12-14)27(29)30/h1-13H,(H,23,28)/b11-4+. The minimum Gasteiger partial charge on any atom is -0.322 e. The second kappa shape index (κ2) is 7.92. The largest absolute Gasteiger partial charge is 0.322 e. The van der Waals surface area contributed by atoms with E-state index in [0.717, 1.165) is 0 Å². The Balaban J connectivity index is 1.49. The number of benzene rings is 3. The van der Waals surface area contributed by atoms with E-state index in [2.05, 4.69) is 15.5 Å². The zero-order valence-electron chi connectivity index (χ0n) is 15.4. The van der Waals surface area contributed by atoms with Crippen molar-refractivity contribution in [2.24, 2.45) is 0 Å². The van der Waals surface area contributed by atoms with E-state index in [1.54, 1.807) is 42.5 Å². The lowest BCUT2D eigenvalue weighted by Crippen LogP contribution is -2.07. The van der Waals surface area contributed by atoms with Gasteiger partial charge >= 0.3 is 0 Å². The molecule has 1 aromatic heterocycles. The summed E-state index contributed by atoms with van der Waals surface area (Å²) in [6.45, 7) is 0. The predicted octanol–water partition coefficient (Wildman–Crippen LogP) is 4.12. The number of nitrogens with one attached hydrogen (secondary N) is 1. The summed E-state index contributed by atoms with van der Waals surface area (Å²) in [5.41, 5.74) is 2.79. The first kappa shape index (κ1) is 18.9. The highest BCUT2D eigenvalue weighted by molar-refractivity contribution is 6.02. The third-order valence-electron chi connectivity index (χ3n) is 4.21. The van der Waals surface area contributed by atoms with Gasteiger partial charge in [-0.15, -0.1) is 10.2 Å². The van der Waals surface area contributed by atoms with Crippen LogP contribution in [0.3, 0.4) is 0 Å². The molecule has 4 aromatic rings. The van der Waals surface area contributed by atoms with E-state index >= 15 is 0 Å². The van der Waals surface area contributed by atoms with Gasteiger partial charge in [-0.3, -0.25) is 14.9 Å². The molecular formula is C21H14FN5O3. The van der Waals surface area contributed by atoms with Gasteiger partial charge in [0.15, 0.2) is 0 Å². The number of carbonyl (C=O) groups is 1. The minimum atomic E-state index is -0.494. The summed E-state index contributed by atoms with van der Waals surface area (Å²) in [5, 5.41) is 22.2. The molecule has 0 unspecified atom stereocenters. The molecule has 4 rings (SSSR count). The highest BCUT2D eigenvalue weighted by Gasteiger charge is 2.08. The number of halogens is 1. The summed E-state index contributed by atoms with van der Waals surface area (Å²) in [7, 11) is 0. The van der Waals surface area contributed by atoms with Gasteiger partial charge in [-0.2, -0.15) is 4.80 Å². The molecule has 0 atom stereocenters. The summed E-state index contributed by atoms with van der Waals surface area (Å²) in [4.78, 5) is 23.9. The van der Waals surface area contributed by atoms with Crippen LogP contribution in [0.5, 0.6) is 0 Å². The van der Waals surface area contributed by atoms with Crippen LogP contribution in [0.2, 0.25) is 0 Å². The Morgan fingerprint density at radius 2 is 1.80 bits per heavy atom. The summed E-state index contributed by atoms with van der Waals surface area (Å²) in [6.07, 6.45) is 2.78. The van der Waals surface area contributed by atoms with Crippen LogP contribution in [-0.2, 0) is 4.79 Å². The molecule has 1 N–H and O–H groups in total. The Hall–Kier alpha value is -4.40. The molecule has 0 aliphatic heterocycles. The summed E-state index contributed by atoms with van der Waals surface area (Å²) in [5.74, 6) is -0.745. The third-order valence-corrected chi connectivity index (χ3v) is 4.21. The van der Waals surface area contributed by atoms with Crippen molar-refractivity contribution in [3.63, 3.8) is 0 Å². The second-order valence-corrected chi connectivity index (χ2v) is 6.34. The van der Waals surface area contributed by atoms with Crippen molar-refractivity contribution in [2.45, 2.75) is 0 Å². The fourth-order valence-electron chi connectivity index (χ4n) is 2.78. The Morgan fingerprint density at radius 3 is 2.57 bits per heavy atom. The van der Waals surface area contributed by atoms with Gasteiger partial charge in [-0.25, -0.2) is 4.39 Å². The van der Waals surface area contributed by atoms with Crippen LogP contribution in [0.25, 0.3) is 22.8 Å². The zero-order chi connectivity index (χ0) is 21.1. The molecule has 8 nitrogen and oxygen atoms in total. The van der Waals surface area contributed by atoms with Crippen LogP contribution >= 0.6 is 0 Å². The Bertz CT molecular complexity index is 1280. The number of anilines is 1. The lowest BCUT2D eigenvalue weighted by atomic mass is 10.2. The molecule has 9 heteroatoms. The second-order valence-electron chi connectivity index (χ2n) is 6.34. The van der Waals surface area contributed by atoms with Crippen LogP contribution in [0.1, 0.15) is 5.56 Å². The first-order valence-corrected chi connectivity index (χ1v) is 8.84. The molecule has 1 heterocycles. The van der Waals surface area contributed by atoms with Crippen molar-refractivity contribution in [3.8, 4) is 5.69 Å². The summed E-state index contributed by atoms with van der Waals surface area (Å²) >= 11 is 0. The van der Waals surface area contributed by atoms with E-state index in [-0.39, 0.29) is 11.5 Å². The minimum absolute atomic E-state index is 0.0488. The topological polar surface area (TPSA) is 103 Å². The molecule has 148 valence electrons. The molecule has 0 spiro atoms. The third kappa shape index (κ3) is 4.20. The number of nitro benzene ring substituents is 1. The molecule has 0 bridgehead atoms. The smallest absolute Gasteiger partial charge is 0.270 e. The maximum absolute atomic E-state index is 13.1. The molecule has 0 saturated carbocycles. The molecule has 0 radical (unpaired) electrons. The van der Waals surface area contributed by atoms with Gasteiger partial charge in [-0.05, 0) is 54.1 Å². The maximum Gasteiger partial charge on any atom is 0.270 e. The van der Waals surface area contributed by atoms with Crippen LogP contribution in [0.15, 0.2) is 72.8 Å². The van der Waals surface area contributed by atoms with Crippen LogP contribution in [-0.4, -0.2) is 25.8 Å². The van der Waals surface area contributed by atoms with Crippen LogP contribution in [0, 0.1) is 15.9 Å². The number of non-ortho nitro benzene ring substituents is 1. The monoisotopic (exact) mass is 403 g/mol. The van der Waals surface area contributed by atoms with Gasteiger partial charge in [0, 0.05) is 23.9 Å². The van der Waals surface area contributed by atoms with Crippen molar-refractivity contribution in [3.05, 3.63) is 94.3 Å². The average molecular weight is 403 g/mol. The molecule has 30 heavy (non-hydrogen) atoms. The number of nitrogens with zero attached hydrogens (tertiary/aromatic N) is 4. The molecule has 0 aliphatic carbocycles. The SMILES string of the molecule is O=C(/C=C/c1cccc([N+](=O)[O-])c1)Nc1ccc2nn(-c3ccc(F)cc3)nc2c1. The van der Waals surface area contributed by atoms with E-state index in [9.17, 15) is 19.3 Å². The quantitative estimate of drug-likeness (QED) is 0.307. The number of carbonyl (C=O) groups excluding carboxylic acids is 1. The molecule has 0 saturated heterocycles. The lowest BCUT2D eigenvalue weighted by molar-refractivity contribution is -0.384. The van der Waals surface area contributed by atoms with Crippen molar-refractivity contribution < 1.29 is 14.1 Å². The number of fused-ring (bicyclic) bond motifs is 1. The van der Waals surface area contributed by atoms with Gasteiger partial charge < -0.3 is 5.32 Å². The number of aromatic nitrogens is 3. The molecule has 0 fully saturated rings. The van der Waals surface area contributed by atoms with Crippen LogP contribution < -0.4 is 5.32 Å². The number of amides is 1. The molecule has 0 aliphatic rings. The van der Waals surface area contributed by atoms with E-state index in [4.69, 9.17) is 0 Å². The van der Waals surface area contributed by atoms with Gasteiger partial charge in [0.05, 0.1) is 10.6 Å². The number of rotatable bonds is 5. The first-order valence-electron chi connectivity index (χ1n) is 8.84. The average Bonchev–Trinajstić information content (AvgIpc) is 3.16. The maximum atomic E-state index is 13.1. The Labute approximate surface area is 169 Å². The number of hydrogen-bond donors (Lipinski definition) is 1. The number of hydrogen-bond acceptors (Lipinski definition) is 5. The van der Waals surface area contributed by atoms with E-state index in [0.29, 0.717) is 28.0 Å². The van der Waals surface area contributed by atoms with E-state index < -0.39 is 10.8 Å². The molecule has 3 aromatic carbocycles. The van der Waals surface area contributed by atoms with E-state index in [1.165, 1.54) is 41.2 Å². The van der Waals surface area contributed by atoms with Gasteiger partial charge in [0.2, 0.25) is 5.91 Å². The van der Waals surface area contributed by atoms with Crippen molar-refractivity contribution in [1.29, 1.82) is 0 Å². The lowest BCUT2D eigenvalue weighted by Gasteiger charge is -2.01. The highest BCUT2D eigenvalue weighted by Crippen LogP contribution is 2.18. The van der Waals surface area contributed by atoms with Crippen molar-refractivity contribution in [1.82, 2.24) is 15.0 Å². The van der Waals surface area contributed by atoms with Crippen LogP contribution in [0.4, 0.5) is 15.8 Å². The van der Waals surface area contributed by atoms with Gasteiger partial charge in [0.25, 0.3) is 5.69 Å². The Kier molecular flexibility index (Phi) is 5.00. The fraction of sp³-hybridized carbons (Fsp3) is 0. The Morgan fingerprint density at radius 1 is 1.03 bits per heavy atom. The first-order chi connectivity index (χ1) is 14.5. The van der Waals surface area contributed by atoms with Crippen molar-refractivity contribution >= 4 is 34.4 Å². The van der Waals surface area contributed by atoms with Gasteiger partial charge in [0.1, 0.15) is 16.9 Å². The molecule has 1 amide bonds. The van der Waals surface area contributed by atoms with Gasteiger partial charge in [-0.1, -0.05) is 12.1 Å².